The van der Waals surface area contributed by atoms with Crippen LogP contribution < -0.4 is 21.3 Å². The summed E-state index contributed by atoms with van der Waals surface area (Å²) in [7, 11) is 0. The second-order valence-electron chi connectivity index (χ2n) is 9.48. The van der Waals surface area contributed by atoms with Gasteiger partial charge in [0, 0.05) is 28.5 Å². The summed E-state index contributed by atoms with van der Waals surface area (Å²) in [6.45, 7) is 1.95. The van der Waals surface area contributed by atoms with E-state index in [9.17, 15) is 14.4 Å². The Hall–Kier alpha value is -4.13. The molecule has 1 atom stereocenters. The topological polar surface area (TPSA) is 99.3 Å². The van der Waals surface area contributed by atoms with Crippen molar-refractivity contribution in [2.45, 2.75) is 51.1 Å². The molecule has 1 aliphatic carbocycles. The molecular formula is C30H34N4O3. The van der Waals surface area contributed by atoms with Gasteiger partial charge in [-0.15, -0.1) is 0 Å². The summed E-state index contributed by atoms with van der Waals surface area (Å²) >= 11 is 0. The highest BCUT2D eigenvalue weighted by Crippen LogP contribution is 2.19. The van der Waals surface area contributed by atoms with Gasteiger partial charge in [0.1, 0.15) is 0 Å². The van der Waals surface area contributed by atoms with Crippen molar-refractivity contribution in [3.05, 3.63) is 95.6 Å². The number of hydrogen-bond acceptors (Lipinski definition) is 4. The van der Waals surface area contributed by atoms with Crippen molar-refractivity contribution in [3.8, 4) is 0 Å². The monoisotopic (exact) mass is 498 g/mol. The molecule has 1 aliphatic rings. The molecule has 0 heterocycles. The van der Waals surface area contributed by atoms with Crippen molar-refractivity contribution in [2.75, 3.05) is 17.2 Å². The number of hydrogen-bond donors (Lipinski definition) is 4. The molecule has 192 valence electrons. The van der Waals surface area contributed by atoms with Crippen LogP contribution in [0.25, 0.3) is 0 Å². The summed E-state index contributed by atoms with van der Waals surface area (Å²) in [5.41, 5.74) is 3.27. The van der Waals surface area contributed by atoms with Crippen molar-refractivity contribution in [3.63, 3.8) is 0 Å². The maximum atomic E-state index is 12.7. The van der Waals surface area contributed by atoms with Crippen LogP contribution >= 0.6 is 0 Å². The molecule has 4 rings (SSSR count). The molecule has 1 unspecified atom stereocenters. The average Bonchev–Trinajstić information content (AvgIpc) is 2.93. The van der Waals surface area contributed by atoms with Gasteiger partial charge in [0.2, 0.25) is 5.91 Å². The first-order chi connectivity index (χ1) is 18.0. The molecule has 0 aromatic heterocycles. The predicted molar refractivity (Wildman–Crippen MR) is 147 cm³/mol. The van der Waals surface area contributed by atoms with E-state index in [1.165, 1.54) is 6.42 Å². The van der Waals surface area contributed by atoms with E-state index < -0.39 is 0 Å². The Morgan fingerprint density at radius 3 is 2.16 bits per heavy atom. The van der Waals surface area contributed by atoms with Gasteiger partial charge in [0.05, 0.1) is 12.6 Å². The molecule has 4 N–H and O–H groups in total. The maximum Gasteiger partial charge on any atom is 0.251 e. The molecule has 37 heavy (non-hydrogen) atoms. The standard InChI is InChI=1S/C30H34N4O3/c1-21(22-10-4-2-5-11-22)32-29(36)24-13-9-17-27(19-24)33-28(35)20-31-26-16-8-12-23(18-26)30(37)34-25-14-6-3-7-15-25/h2,4-5,8-13,16-19,21,25,31H,3,6-7,14-15,20H2,1H3,(H,32,36)(H,33,35)(H,34,37). The quantitative estimate of drug-likeness (QED) is 0.322. The van der Waals surface area contributed by atoms with Gasteiger partial charge in [-0.3, -0.25) is 14.4 Å². The van der Waals surface area contributed by atoms with Crippen molar-refractivity contribution in [1.29, 1.82) is 0 Å². The van der Waals surface area contributed by atoms with E-state index >= 15 is 0 Å². The molecule has 0 aliphatic heterocycles. The molecule has 7 heteroatoms. The molecule has 3 amide bonds. The fourth-order valence-corrected chi connectivity index (χ4v) is 4.52. The number of benzene rings is 3. The van der Waals surface area contributed by atoms with Gasteiger partial charge < -0.3 is 21.3 Å². The minimum Gasteiger partial charge on any atom is -0.376 e. The Labute approximate surface area is 218 Å². The average molecular weight is 499 g/mol. The van der Waals surface area contributed by atoms with Crippen molar-refractivity contribution in [2.24, 2.45) is 0 Å². The number of rotatable bonds is 9. The fourth-order valence-electron chi connectivity index (χ4n) is 4.52. The van der Waals surface area contributed by atoms with Gasteiger partial charge in [-0.25, -0.2) is 0 Å². The van der Waals surface area contributed by atoms with Crippen LogP contribution in [-0.4, -0.2) is 30.3 Å². The van der Waals surface area contributed by atoms with Crippen molar-refractivity contribution < 1.29 is 14.4 Å². The highest BCUT2D eigenvalue weighted by molar-refractivity contribution is 5.98. The van der Waals surface area contributed by atoms with E-state index in [0.29, 0.717) is 22.5 Å². The molecule has 1 fully saturated rings. The van der Waals surface area contributed by atoms with E-state index in [-0.39, 0.29) is 36.3 Å². The molecule has 0 spiro atoms. The number of carbonyl (C=O) groups is 3. The Balaban J connectivity index is 1.28. The molecule has 0 saturated heterocycles. The van der Waals surface area contributed by atoms with E-state index in [1.54, 1.807) is 42.5 Å². The zero-order chi connectivity index (χ0) is 26.0. The normalized spacial score (nSPS) is 14.3. The number of carbonyl (C=O) groups excluding carboxylic acids is 3. The van der Waals surface area contributed by atoms with E-state index in [0.717, 1.165) is 31.2 Å². The molecule has 0 bridgehead atoms. The summed E-state index contributed by atoms with van der Waals surface area (Å²) in [4.78, 5) is 37.9. The predicted octanol–water partition coefficient (Wildman–Crippen LogP) is 5.29. The first kappa shape index (κ1) is 25.9. The van der Waals surface area contributed by atoms with Crippen LogP contribution in [0.4, 0.5) is 11.4 Å². The SMILES string of the molecule is CC(NC(=O)c1cccc(NC(=O)CNc2cccc(C(=O)NC3CCCCC3)c2)c1)c1ccccc1. The summed E-state index contributed by atoms with van der Waals surface area (Å²) < 4.78 is 0. The summed E-state index contributed by atoms with van der Waals surface area (Å²) in [5, 5.41) is 12.0. The van der Waals surface area contributed by atoms with Crippen LogP contribution in [0.15, 0.2) is 78.9 Å². The van der Waals surface area contributed by atoms with Crippen LogP contribution in [-0.2, 0) is 4.79 Å². The molecule has 3 aromatic carbocycles. The minimum atomic E-state index is -0.257. The van der Waals surface area contributed by atoms with E-state index in [2.05, 4.69) is 21.3 Å². The van der Waals surface area contributed by atoms with Crippen LogP contribution in [0, 0.1) is 0 Å². The Morgan fingerprint density at radius 2 is 1.43 bits per heavy atom. The van der Waals surface area contributed by atoms with Gasteiger partial charge in [-0.2, -0.15) is 0 Å². The zero-order valence-electron chi connectivity index (χ0n) is 21.1. The summed E-state index contributed by atoms with van der Waals surface area (Å²) in [5.74, 6) is -0.558. The van der Waals surface area contributed by atoms with Crippen molar-refractivity contribution in [1.82, 2.24) is 10.6 Å². The Bertz CT molecular complexity index is 1220. The first-order valence-corrected chi connectivity index (χ1v) is 12.9. The van der Waals surface area contributed by atoms with Gasteiger partial charge in [0.15, 0.2) is 0 Å². The third-order valence-electron chi connectivity index (χ3n) is 6.57. The number of amides is 3. The van der Waals surface area contributed by atoms with Gasteiger partial charge in [-0.05, 0) is 61.7 Å². The molecule has 3 aromatic rings. The minimum absolute atomic E-state index is 0.0230. The summed E-state index contributed by atoms with van der Waals surface area (Å²) in [6, 6.07) is 23.8. The van der Waals surface area contributed by atoms with Crippen LogP contribution in [0.2, 0.25) is 0 Å². The lowest BCUT2D eigenvalue weighted by atomic mass is 9.95. The van der Waals surface area contributed by atoms with E-state index in [4.69, 9.17) is 0 Å². The van der Waals surface area contributed by atoms with Gasteiger partial charge in [0.25, 0.3) is 11.8 Å². The number of nitrogens with one attached hydrogen (secondary N) is 4. The third-order valence-corrected chi connectivity index (χ3v) is 6.57. The smallest absolute Gasteiger partial charge is 0.251 e. The second-order valence-corrected chi connectivity index (χ2v) is 9.48. The molecule has 0 radical (unpaired) electrons. The third kappa shape index (κ3) is 7.67. The van der Waals surface area contributed by atoms with Crippen LogP contribution in [0.3, 0.4) is 0 Å². The summed E-state index contributed by atoms with van der Waals surface area (Å²) in [6.07, 6.45) is 5.60. The van der Waals surface area contributed by atoms with E-state index in [1.807, 2.05) is 43.3 Å². The number of anilines is 2. The zero-order valence-corrected chi connectivity index (χ0v) is 21.1. The molecular weight excluding hydrogens is 464 g/mol. The first-order valence-electron chi connectivity index (χ1n) is 12.9. The van der Waals surface area contributed by atoms with Crippen molar-refractivity contribution >= 4 is 29.1 Å². The van der Waals surface area contributed by atoms with Crippen LogP contribution in [0.1, 0.15) is 71.3 Å². The highest BCUT2D eigenvalue weighted by Gasteiger charge is 2.17. The highest BCUT2D eigenvalue weighted by atomic mass is 16.2. The Morgan fingerprint density at radius 1 is 0.784 bits per heavy atom. The fraction of sp³-hybridized carbons (Fsp3) is 0.300. The van der Waals surface area contributed by atoms with Gasteiger partial charge >= 0.3 is 0 Å². The molecule has 7 nitrogen and oxygen atoms in total. The van der Waals surface area contributed by atoms with Gasteiger partial charge in [-0.1, -0.05) is 61.7 Å². The lowest BCUT2D eigenvalue weighted by Crippen LogP contribution is -2.36. The maximum absolute atomic E-state index is 12.7. The lowest BCUT2D eigenvalue weighted by Gasteiger charge is -2.22. The largest absolute Gasteiger partial charge is 0.376 e. The molecule has 1 saturated carbocycles. The Kier molecular flexibility index (Phi) is 8.92. The lowest BCUT2D eigenvalue weighted by molar-refractivity contribution is -0.114. The second kappa shape index (κ2) is 12.7. The van der Waals surface area contributed by atoms with Crippen LogP contribution in [0.5, 0.6) is 0 Å².